The summed E-state index contributed by atoms with van der Waals surface area (Å²) in [5.74, 6) is 0.272. The largest absolute Gasteiger partial charge is 0.293 e. The van der Waals surface area contributed by atoms with Crippen LogP contribution in [0.2, 0.25) is 0 Å². The lowest BCUT2D eigenvalue weighted by molar-refractivity contribution is -0.119. The van der Waals surface area contributed by atoms with Gasteiger partial charge >= 0.3 is 0 Å². The topological polar surface area (TPSA) is 17.1 Å². The number of Topliss-reactive ketones (excluding diaryl/α,β-unsaturated/α-hetero) is 1. The lowest BCUT2D eigenvalue weighted by atomic mass is 9.58. The average Bonchev–Trinajstić information content (AvgIpc) is 2.73. The third-order valence-electron chi connectivity index (χ3n) is 5.99. The van der Waals surface area contributed by atoms with Crippen molar-refractivity contribution in [1.29, 1.82) is 0 Å². The zero-order chi connectivity index (χ0) is 19.4. The van der Waals surface area contributed by atoms with E-state index >= 15 is 0 Å². The molecular formula is C26H30O. The first-order valence-corrected chi connectivity index (χ1v) is 10.3. The molecule has 3 rings (SSSR count). The Balaban J connectivity index is 2.48. The smallest absolute Gasteiger partial charge is 0.178 e. The van der Waals surface area contributed by atoms with Crippen LogP contribution < -0.4 is 0 Å². The lowest BCUT2D eigenvalue weighted by Gasteiger charge is -2.42. The van der Waals surface area contributed by atoms with Crippen LogP contribution in [0.4, 0.5) is 0 Å². The van der Waals surface area contributed by atoms with Crippen molar-refractivity contribution in [2.45, 2.75) is 58.8 Å². The molecule has 140 valence electrons. The quantitative estimate of drug-likeness (QED) is 0.555. The van der Waals surface area contributed by atoms with E-state index in [-0.39, 0.29) is 5.78 Å². The Kier molecular flexibility index (Phi) is 5.79. The molecule has 0 amide bonds. The molecule has 0 heterocycles. The van der Waals surface area contributed by atoms with Crippen molar-refractivity contribution >= 4 is 5.78 Å². The van der Waals surface area contributed by atoms with Crippen LogP contribution in [0, 0.1) is 0 Å². The van der Waals surface area contributed by atoms with Crippen LogP contribution in [0.3, 0.4) is 0 Å². The molecule has 1 aliphatic carbocycles. The summed E-state index contributed by atoms with van der Waals surface area (Å²) in [6.07, 6.45) is 3.54. The first-order chi connectivity index (χ1) is 13.2. The van der Waals surface area contributed by atoms with Crippen LogP contribution in [0.15, 0.2) is 83.0 Å². The fourth-order valence-corrected chi connectivity index (χ4v) is 4.95. The number of hydrogen-bond donors (Lipinski definition) is 0. The van der Waals surface area contributed by atoms with E-state index in [0.717, 1.165) is 42.4 Å². The highest BCUT2D eigenvalue weighted by Crippen LogP contribution is 2.50. The van der Waals surface area contributed by atoms with Gasteiger partial charge in [-0.15, -0.1) is 0 Å². The van der Waals surface area contributed by atoms with Gasteiger partial charge in [0.05, 0.1) is 0 Å². The van der Waals surface area contributed by atoms with Crippen LogP contribution in [0.25, 0.3) is 0 Å². The Morgan fingerprint density at radius 2 is 1.04 bits per heavy atom. The molecule has 2 aromatic rings. The SMILES string of the molecule is CCC1=C(CC)C(CC)=C(CC)C(c2ccccc2)(c2ccccc2)C1=O. The second-order valence-electron chi connectivity index (χ2n) is 7.14. The molecule has 0 radical (unpaired) electrons. The van der Waals surface area contributed by atoms with E-state index in [1.807, 2.05) is 12.1 Å². The summed E-state index contributed by atoms with van der Waals surface area (Å²) < 4.78 is 0. The molecule has 0 unspecified atom stereocenters. The minimum atomic E-state index is -0.702. The fourth-order valence-electron chi connectivity index (χ4n) is 4.95. The third kappa shape index (κ3) is 2.90. The van der Waals surface area contributed by atoms with Crippen LogP contribution in [0.1, 0.15) is 64.5 Å². The predicted molar refractivity (Wildman–Crippen MR) is 114 cm³/mol. The van der Waals surface area contributed by atoms with Crippen LogP contribution in [-0.4, -0.2) is 5.78 Å². The number of ketones is 1. The highest BCUT2D eigenvalue weighted by Gasteiger charge is 2.49. The summed E-state index contributed by atoms with van der Waals surface area (Å²) in [7, 11) is 0. The highest BCUT2D eigenvalue weighted by molar-refractivity contribution is 6.11. The van der Waals surface area contributed by atoms with Crippen molar-refractivity contribution in [3.63, 3.8) is 0 Å². The molecule has 1 heteroatoms. The number of allylic oxidation sites excluding steroid dienone is 4. The van der Waals surface area contributed by atoms with Gasteiger partial charge in [-0.05, 0) is 59.1 Å². The molecule has 27 heavy (non-hydrogen) atoms. The Morgan fingerprint density at radius 3 is 1.41 bits per heavy atom. The maximum atomic E-state index is 14.2. The molecule has 2 aromatic carbocycles. The standard InChI is InChI=1S/C26H30O/c1-5-21-22(6-2)24(8-4)26(25(27)23(21)7-3,19-15-11-9-12-16-19)20-17-13-10-14-18-20/h9-18H,5-8H2,1-4H3. The maximum Gasteiger partial charge on any atom is 0.178 e. The summed E-state index contributed by atoms with van der Waals surface area (Å²) in [4.78, 5) is 14.2. The fraction of sp³-hybridized carbons (Fsp3) is 0.346. The van der Waals surface area contributed by atoms with Crippen molar-refractivity contribution in [2.75, 3.05) is 0 Å². The van der Waals surface area contributed by atoms with E-state index < -0.39 is 5.41 Å². The van der Waals surface area contributed by atoms with Crippen molar-refractivity contribution in [3.8, 4) is 0 Å². The van der Waals surface area contributed by atoms with Gasteiger partial charge in [0.15, 0.2) is 5.78 Å². The summed E-state index contributed by atoms with van der Waals surface area (Å²) in [5, 5.41) is 0. The van der Waals surface area contributed by atoms with Gasteiger partial charge < -0.3 is 0 Å². The lowest BCUT2D eigenvalue weighted by Crippen LogP contribution is -2.43. The molecule has 0 saturated heterocycles. The number of rotatable bonds is 6. The van der Waals surface area contributed by atoms with E-state index in [1.165, 1.54) is 16.7 Å². The molecule has 0 spiro atoms. The van der Waals surface area contributed by atoms with Crippen LogP contribution in [0.5, 0.6) is 0 Å². The molecule has 0 aliphatic heterocycles. The zero-order valence-electron chi connectivity index (χ0n) is 17.0. The highest BCUT2D eigenvalue weighted by atomic mass is 16.1. The van der Waals surface area contributed by atoms with Crippen molar-refractivity contribution in [2.24, 2.45) is 0 Å². The van der Waals surface area contributed by atoms with Gasteiger partial charge in [-0.2, -0.15) is 0 Å². The average molecular weight is 359 g/mol. The van der Waals surface area contributed by atoms with Gasteiger partial charge in [0.1, 0.15) is 5.41 Å². The number of carbonyl (C=O) groups excluding carboxylic acids is 1. The summed E-state index contributed by atoms with van der Waals surface area (Å²) >= 11 is 0. The normalized spacial score (nSPS) is 16.8. The summed E-state index contributed by atoms with van der Waals surface area (Å²) in [6.45, 7) is 8.72. The molecule has 0 aromatic heterocycles. The van der Waals surface area contributed by atoms with Crippen LogP contribution >= 0.6 is 0 Å². The molecule has 0 fully saturated rings. The first-order valence-electron chi connectivity index (χ1n) is 10.3. The minimum Gasteiger partial charge on any atom is -0.293 e. The van der Waals surface area contributed by atoms with E-state index in [9.17, 15) is 4.79 Å². The van der Waals surface area contributed by atoms with E-state index in [4.69, 9.17) is 0 Å². The van der Waals surface area contributed by atoms with Gasteiger partial charge in [0, 0.05) is 0 Å². The molecule has 0 bridgehead atoms. The zero-order valence-corrected chi connectivity index (χ0v) is 17.0. The van der Waals surface area contributed by atoms with Crippen molar-refractivity contribution in [1.82, 2.24) is 0 Å². The summed E-state index contributed by atoms with van der Waals surface area (Å²) in [6, 6.07) is 20.8. The second kappa shape index (κ2) is 8.08. The van der Waals surface area contributed by atoms with Crippen molar-refractivity contribution < 1.29 is 4.79 Å². The van der Waals surface area contributed by atoms with Gasteiger partial charge in [-0.25, -0.2) is 0 Å². The monoisotopic (exact) mass is 358 g/mol. The molecule has 0 N–H and O–H groups in total. The molecule has 0 saturated carbocycles. The Bertz CT molecular complexity index is 829. The van der Waals surface area contributed by atoms with Gasteiger partial charge in [-0.1, -0.05) is 88.4 Å². The van der Waals surface area contributed by atoms with E-state index in [2.05, 4.69) is 76.2 Å². The molecule has 1 nitrogen and oxygen atoms in total. The summed E-state index contributed by atoms with van der Waals surface area (Å²) in [5.41, 5.74) is 6.44. The van der Waals surface area contributed by atoms with Gasteiger partial charge in [0.25, 0.3) is 0 Å². The van der Waals surface area contributed by atoms with E-state index in [0.29, 0.717) is 0 Å². The Morgan fingerprint density at radius 1 is 0.593 bits per heavy atom. The number of benzene rings is 2. The molecular weight excluding hydrogens is 328 g/mol. The Hall–Kier alpha value is -2.41. The third-order valence-corrected chi connectivity index (χ3v) is 5.99. The van der Waals surface area contributed by atoms with Gasteiger partial charge in [-0.3, -0.25) is 4.79 Å². The first kappa shape index (κ1) is 19.4. The number of carbonyl (C=O) groups is 1. The van der Waals surface area contributed by atoms with E-state index in [1.54, 1.807) is 0 Å². The van der Waals surface area contributed by atoms with Crippen LogP contribution in [-0.2, 0) is 10.2 Å². The van der Waals surface area contributed by atoms with Crippen molar-refractivity contribution in [3.05, 3.63) is 94.1 Å². The Labute approximate surface area is 163 Å². The maximum absolute atomic E-state index is 14.2. The molecule has 1 aliphatic rings. The predicted octanol–water partition coefficient (Wildman–Crippen LogP) is 6.79. The minimum absolute atomic E-state index is 0.272. The molecule has 0 atom stereocenters. The van der Waals surface area contributed by atoms with Gasteiger partial charge in [0.2, 0.25) is 0 Å². The number of hydrogen-bond acceptors (Lipinski definition) is 1. The second-order valence-corrected chi connectivity index (χ2v) is 7.14.